The van der Waals surface area contributed by atoms with Crippen LogP contribution >= 0.6 is 24.0 Å². The SMILES string of the molecule is CCNC(=NCC1(C)COC1)NC1CCCN(Cc2ccccc2)C1.I. The summed E-state index contributed by atoms with van der Waals surface area (Å²) in [5.41, 5.74) is 1.61. The molecule has 2 saturated heterocycles. The first kappa shape index (κ1) is 21.4. The molecule has 0 bridgehead atoms. The van der Waals surface area contributed by atoms with Crippen molar-refractivity contribution < 1.29 is 4.74 Å². The molecule has 0 aromatic heterocycles. The number of aliphatic imine (C=N–C) groups is 1. The lowest BCUT2D eigenvalue weighted by molar-refractivity contribution is -0.0945. The highest BCUT2D eigenvalue weighted by Crippen LogP contribution is 2.26. The molecule has 1 unspecified atom stereocenters. The molecule has 2 aliphatic heterocycles. The largest absolute Gasteiger partial charge is 0.380 e. The van der Waals surface area contributed by atoms with E-state index in [9.17, 15) is 0 Å². The number of guanidine groups is 1. The van der Waals surface area contributed by atoms with Crippen LogP contribution in [0.5, 0.6) is 0 Å². The zero-order valence-electron chi connectivity index (χ0n) is 16.0. The van der Waals surface area contributed by atoms with Crippen molar-refractivity contribution in [2.45, 2.75) is 39.3 Å². The first-order valence-corrected chi connectivity index (χ1v) is 9.56. The van der Waals surface area contributed by atoms with Gasteiger partial charge in [0.05, 0.1) is 19.8 Å². The molecule has 0 amide bonds. The fourth-order valence-corrected chi connectivity index (χ4v) is 3.48. The topological polar surface area (TPSA) is 48.9 Å². The van der Waals surface area contributed by atoms with Crippen molar-refractivity contribution >= 4 is 29.9 Å². The van der Waals surface area contributed by atoms with E-state index >= 15 is 0 Å². The van der Waals surface area contributed by atoms with Crippen LogP contribution in [-0.4, -0.2) is 56.3 Å². The lowest BCUT2D eigenvalue weighted by Crippen LogP contribution is -2.51. The van der Waals surface area contributed by atoms with Gasteiger partial charge in [-0.05, 0) is 31.9 Å². The molecule has 5 nitrogen and oxygen atoms in total. The van der Waals surface area contributed by atoms with E-state index in [1.807, 2.05) is 0 Å². The van der Waals surface area contributed by atoms with Crippen LogP contribution in [0.4, 0.5) is 0 Å². The summed E-state index contributed by atoms with van der Waals surface area (Å²) in [6, 6.07) is 11.2. The highest BCUT2D eigenvalue weighted by Gasteiger charge is 2.33. The van der Waals surface area contributed by atoms with E-state index in [0.717, 1.165) is 45.4 Å². The van der Waals surface area contributed by atoms with Crippen molar-refractivity contribution in [3.8, 4) is 0 Å². The van der Waals surface area contributed by atoms with Crippen LogP contribution in [0.3, 0.4) is 0 Å². The number of ether oxygens (including phenoxy) is 1. The Morgan fingerprint density at radius 1 is 1.31 bits per heavy atom. The van der Waals surface area contributed by atoms with Gasteiger partial charge in [-0.1, -0.05) is 37.3 Å². The molecular weight excluding hydrogens is 439 g/mol. The van der Waals surface area contributed by atoms with Gasteiger partial charge in [0.25, 0.3) is 0 Å². The van der Waals surface area contributed by atoms with E-state index in [2.05, 4.69) is 59.7 Å². The molecule has 0 spiro atoms. The molecule has 1 aromatic carbocycles. The second-order valence-electron chi connectivity index (χ2n) is 7.70. The maximum absolute atomic E-state index is 5.33. The highest BCUT2D eigenvalue weighted by molar-refractivity contribution is 14.0. The number of halogens is 1. The van der Waals surface area contributed by atoms with Crippen molar-refractivity contribution in [2.75, 3.05) is 39.4 Å². The number of likely N-dealkylation sites (tertiary alicyclic amines) is 1. The molecule has 3 rings (SSSR count). The molecule has 0 saturated carbocycles. The van der Waals surface area contributed by atoms with Crippen LogP contribution in [-0.2, 0) is 11.3 Å². The molecule has 1 aromatic rings. The molecule has 0 radical (unpaired) electrons. The summed E-state index contributed by atoms with van der Waals surface area (Å²) in [5, 5.41) is 7.04. The Kier molecular flexibility index (Phi) is 8.63. The van der Waals surface area contributed by atoms with E-state index in [0.29, 0.717) is 6.04 Å². The summed E-state index contributed by atoms with van der Waals surface area (Å²) in [7, 11) is 0. The van der Waals surface area contributed by atoms with E-state index in [4.69, 9.17) is 9.73 Å². The van der Waals surface area contributed by atoms with Gasteiger partial charge < -0.3 is 15.4 Å². The third-order valence-electron chi connectivity index (χ3n) is 4.96. The van der Waals surface area contributed by atoms with Crippen LogP contribution in [0.25, 0.3) is 0 Å². The second kappa shape index (κ2) is 10.5. The van der Waals surface area contributed by atoms with Crippen LogP contribution in [0.2, 0.25) is 0 Å². The molecule has 6 heteroatoms. The first-order chi connectivity index (χ1) is 12.2. The average molecular weight is 472 g/mol. The van der Waals surface area contributed by atoms with Crippen molar-refractivity contribution in [1.29, 1.82) is 0 Å². The minimum atomic E-state index is 0. The van der Waals surface area contributed by atoms with Gasteiger partial charge in [0.1, 0.15) is 0 Å². The Morgan fingerprint density at radius 3 is 2.73 bits per heavy atom. The zero-order chi connectivity index (χ0) is 17.5. The number of piperidine rings is 1. The van der Waals surface area contributed by atoms with Crippen molar-refractivity contribution in [1.82, 2.24) is 15.5 Å². The van der Waals surface area contributed by atoms with Crippen LogP contribution < -0.4 is 10.6 Å². The molecular formula is C20H33IN4O. The van der Waals surface area contributed by atoms with E-state index < -0.39 is 0 Å². The monoisotopic (exact) mass is 472 g/mol. The van der Waals surface area contributed by atoms with Gasteiger partial charge in [-0.3, -0.25) is 9.89 Å². The molecule has 2 N–H and O–H groups in total. The van der Waals surface area contributed by atoms with Gasteiger partial charge in [-0.25, -0.2) is 0 Å². The van der Waals surface area contributed by atoms with E-state index in [-0.39, 0.29) is 29.4 Å². The van der Waals surface area contributed by atoms with E-state index in [1.54, 1.807) is 0 Å². The van der Waals surface area contributed by atoms with Gasteiger partial charge in [0.2, 0.25) is 0 Å². The number of benzene rings is 1. The predicted molar refractivity (Wildman–Crippen MR) is 118 cm³/mol. The maximum atomic E-state index is 5.33. The van der Waals surface area contributed by atoms with Crippen molar-refractivity contribution in [3.63, 3.8) is 0 Å². The molecule has 146 valence electrons. The predicted octanol–water partition coefficient (Wildman–Crippen LogP) is 2.86. The summed E-state index contributed by atoms with van der Waals surface area (Å²) < 4.78 is 5.33. The number of rotatable bonds is 6. The number of hydrogen-bond acceptors (Lipinski definition) is 3. The number of nitrogens with zero attached hydrogens (tertiary/aromatic N) is 2. The van der Waals surface area contributed by atoms with Crippen LogP contribution in [0.15, 0.2) is 35.3 Å². The Hall–Kier alpha value is -0.860. The zero-order valence-corrected chi connectivity index (χ0v) is 18.4. The minimum Gasteiger partial charge on any atom is -0.380 e. The molecule has 1 atom stereocenters. The van der Waals surface area contributed by atoms with E-state index in [1.165, 1.54) is 24.9 Å². The Morgan fingerprint density at radius 2 is 2.08 bits per heavy atom. The van der Waals surface area contributed by atoms with Crippen LogP contribution in [0, 0.1) is 5.41 Å². The molecule has 26 heavy (non-hydrogen) atoms. The normalized spacial score (nSPS) is 22.8. The standard InChI is InChI=1S/C20H32N4O.HI/c1-3-21-19(22-14-20(2)15-25-16-20)23-18-10-7-11-24(13-18)12-17-8-5-4-6-9-17;/h4-6,8-9,18H,3,7,10-16H2,1-2H3,(H2,21,22,23);1H. The Bertz CT molecular complexity index is 562. The summed E-state index contributed by atoms with van der Waals surface area (Å²) in [6.45, 7) is 11.0. The summed E-state index contributed by atoms with van der Waals surface area (Å²) in [6.07, 6.45) is 2.44. The lowest BCUT2D eigenvalue weighted by Gasteiger charge is -2.37. The molecule has 0 aliphatic carbocycles. The summed E-state index contributed by atoms with van der Waals surface area (Å²) >= 11 is 0. The quantitative estimate of drug-likeness (QED) is 0.380. The highest BCUT2D eigenvalue weighted by atomic mass is 127. The Labute approximate surface area is 175 Å². The molecule has 2 heterocycles. The lowest BCUT2D eigenvalue weighted by atomic mass is 9.89. The fourth-order valence-electron chi connectivity index (χ4n) is 3.48. The maximum Gasteiger partial charge on any atom is 0.191 e. The fraction of sp³-hybridized carbons (Fsp3) is 0.650. The Balaban J connectivity index is 0.00000243. The van der Waals surface area contributed by atoms with Gasteiger partial charge in [-0.15, -0.1) is 24.0 Å². The van der Waals surface area contributed by atoms with Crippen molar-refractivity contribution in [3.05, 3.63) is 35.9 Å². The minimum absolute atomic E-state index is 0. The summed E-state index contributed by atoms with van der Waals surface area (Å²) in [4.78, 5) is 7.35. The number of hydrogen-bond donors (Lipinski definition) is 2. The van der Waals surface area contributed by atoms with Gasteiger partial charge in [-0.2, -0.15) is 0 Å². The third kappa shape index (κ3) is 6.39. The summed E-state index contributed by atoms with van der Waals surface area (Å²) in [5.74, 6) is 0.946. The third-order valence-corrected chi connectivity index (χ3v) is 4.96. The van der Waals surface area contributed by atoms with Gasteiger partial charge >= 0.3 is 0 Å². The smallest absolute Gasteiger partial charge is 0.191 e. The first-order valence-electron chi connectivity index (χ1n) is 9.56. The second-order valence-corrected chi connectivity index (χ2v) is 7.70. The number of nitrogens with one attached hydrogen (secondary N) is 2. The molecule has 2 fully saturated rings. The molecule has 2 aliphatic rings. The van der Waals surface area contributed by atoms with Crippen molar-refractivity contribution in [2.24, 2.45) is 10.4 Å². The average Bonchev–Trinajstić information content (AvgIpc) is 2.59. The van der Waals surface area contributed by atoms with Gasteiger partial charge in [0, 0.05) is 31.1 Å². The van der Waals surface area contributed by atoms with Crippen LogP contribution in [0.1, 0.15) is 32.3 Å². The van der Waals surface area contributed by atoms with Gasteiger partial charge in [0.15, 0.2) is 5.96 Å².